The molecule has 1 unspecified atom stereocenters. The molecule has 1 amide bonds. The lowest BCUT2D eigenvalue weighted by atomic mass is 10.0. The van der Waals surface area contributed by atoms with E-state index in [2.05, 4.69) is 10.6 Å². The van der Waals surface area contributed by atoms with E-state index in [1.54, 1.807) is 18.2 Å². The van der Waals surface area contributed by atoms with Gasteiger partial charge in [0.05, 0.1) is 24.8 Å². The van der Waals surface area contributed by atoms with Gasteiger partial charge < -0.3 is 20.1 Å². The number of amides is 1. The van der Waals surface area contributed by atoms with Crippen LogP contribution in [0.4, 0.5) is 5.69 Å². The lowest BCUT2D eigenvalue weighted by Gasteiger charge is -2.18. The van der Waals surface area contributed by atoms with Gasteiger partial charge in [0.1, 0.15) is 23.1 Å². The lowest BCUT2D eigenvalue weighted by Crippen LogP contribution is -2.19. The summed E-state index contributed by atoms with van der Waals surface area (Å²) in [5.41, 5.74) is 2.44. The Morgan fingerprint density at radius 1 is 1.28 bits per heavy atom. The fraction of sp³-hybridized carbons (Fsp3) is 0.273. The van der Waals surface area contributed by atoms with Crippen LogP contribution in [0.3, 0.4) is 0 Å². The van der Waals surface area contributed by atoms with Crippen LogP contribution in [0.2, 0.25) is 5.02 Å². The molecule has 0 saturated heterocycles. The second-order valence-corrected chi connectivity index (χ2v) is 6.74. The molecule has 0 bridgehead atoms. The number of carbonyl (C=O) groups excluding carboxylic acids is 1. The molecule has 2 aromatic carbocycles. The Hall–Kier alpha value is -3.17. The molecule has 0 heterocycles. The third kappa shape index (κ3) is 5.90. The molecule has 0 aliphatic heterocycles. The van der Waals surface area contributed by atoms with E-state index in [-0.39, 0.29) is 11.6 Å². The predicted molar refractivity (Wildman–Crippen MR) is 114 cm³/mol. The highest BCUT2D eigenvalue weighted by Crippen LogP contribution is 2.28. The second-order valence-electron chi connectivity index (χ2n) is 6.34. The van der Waals surface area contributed by atoms with Crippen molar-refractivity contribution in [3.63, 3.8) is 0 Å². The van der Waals surface area contributed by atoms with Crippen LogP contribution in [0.25, 0.3) is 0 Å². The van der Waals surface area contributed by atoms with Crippen molar-refractivity contribution in [3.05, 3.63) is 64.3 Å². The number of rotatable bonds is 8. The molecular weight excluding hydrogens is 390 g/mol. The minimum absolute atomic E-state index is 0.0607. The number of benzene rings is 2. The van der Waals surface area contributed by atoms with Crippen LogP contribution in [-0.4, -0.2) is 19.6 Å². The van der Waals surface area contributed by atoms with Gasteiger partial charge in [-0.05, 0) is 45.0 Å². The molecule has 0 fully saturated rings. The SMILES string of the molecule is CCOc1ccc(C)cc1C(C)N/C=C(/C#N)C(=O)Nc1ccc(OC)c(Cl)c1. The largest absolute Gasteiger partial charge is 0.495 e. The molecule has 0 aliphatic carbocycles. The molecule has 2 N–H and O–H groups in total. The Bertz CT molecular complexity index is 951. The van der Waals surface area contributed by atoms with E-state index < -0.39 is 5.91 Å². The monoisotopic (exact) mass is 413 g/mol. The summed E-state index contributed by atoms with van der Waals surface area (Å²) in [6, 6.07) is 12.5. The minimum Gasteiger partial charge on any atom is -0.495 e. The summed E-state index contributed by atoms with van der Waals surface area (Å²) in [6.45, 7) is 6.40. The maximum Gasteiger partial charge on any atom is 0.267 e. The van der Waals surface area contributed by atoms with Crippen LogP contribution in [0.5, 0.6) is 11.5 Å². The average Bonchev–Trinajstić information content (AvgIpc) is 2.70. The van der Waals surface area contributed by atoms with Crippen molar-refractivity contribution in [1.29, 1.82) is 5.26 Å². The Balaban J connectivity index is 2.13. The van der Waals surface area contributed by atoms with E-state index in [0.717, 1.165) is 16.9 Å². The normalized spacial score (nSPS) is 11.9. The highest BCUT2D eigenvalue weighted by Gasteiger charge is 2.14. The summed E-state index contributed by atoms with van der Waals surface area (Å²) < 4.78 is 10.8. The highest BCUT2D eigenvalue weighted by atomic mass is 35.5. The summed E-state index contributed by atoms with van der Waals surface area (Å²) in [5.74, 6) is 0.726. The first-order valence-electron chi connectivity index (χ1n) is 9.14. The number of hydrogen-bond donors (Lipinski definition) is 2. The zero-order valence-corrected chi connectivity index (χ0v) is 17.6. The minimum atomic E-state index is -0.539. The van der Waals surface area contributed by atoms with E-state index in [1.807, 2.05) is 45.0 Å². The topological polar surface area (TPSA) is 83.4 Å². The van der Waals surface area contributed by atoms with Crippen LogP contribution in [-0.2, 0) is 4.79 Å². The van der Waals surface area contributed by atoms with Gasteiger partial charge in [-0.3, -0.25) is 4.79 Å². The molecule has 1 atom stereocenters. The number of nitrogens with zero attached hydrogens (tertiary/aromatic N) is 1. The van der Waals surface area contributed by atoms with E-state index in [9.17, 15) is 10.1 Å². The molecule has 0 aromatic heterocycles. The molecular formula is C22H24ClN3O3. The summed E-state index contributed by atoms with van der Waals surface area (Å²) in [5, 5.41) is 15.5. The number of aryl methyl sites for hydroxylation is 1. The predicted octanol–water partition coefficient (Wildman–Crippen LogP) is 4.75. The van der Waals surface area contributed by atoms with Crippen LogP contribution >= 0.6 is 11.6 Å². The van der Waals surface area contributed by atoms with Gasteiger partial charge in [-0.25, -0.2) is 0 Å². The fourth-order valence-electron chi connectivity index (χ4n) is 2.68. The Morgan fingerprint density at radius 2 is 2.00 bits per heavy atom. The van der Waals surface area contributed by atoms with Crippen LogP contribution in [0.1, 0.15) is 31.0 Å². The number of hydrogen-bond acceptors (Lipinski definition) is 5. The third-order valence-corrected chi connectivity index (χ3v) is 4.48. The van der Waals surface area contributed by atoms with Gasteiger partial charge in [0.25, 0.3) is 5.91 Å². The lowest BCUT2D eigenvalue weighted by molar-refractivity contribution is -0.112. The first-order valence-corrected chi connectivity index (χ1v) is 9.52. The smallest absolute Gasteiger partial charge is 0.267 e. The molecule has 0 radical (unpaired) electrons. The van der Waals surface area contributed by atoms with Crippen LogP contribution in [0, 0.1) is 18.3 Å². The number of carbonyl (C=O) groups is 1. The molecule has 7 heteroatoms. The Kier molecular flexibility index (Phi) is 7.93. The molecule has 0 spiro atoms. The standard InChI is InChI=1S/C22H24ClN3O3/c1-5-29-20-8-6-14(2)10-18(20)15(3)25-13-16(12-24)22(27)26-17-7-9-21(28-4)19(23)11-17/h6-11,13,15,25H,5H2,1-4H3,(H,26,27)/b16-13-. The molecule has 29 heavy (non-hydrogen) atoms. The molecule has 2 aromatic rings. The number of halogens is 1. The molecule has 0 saturated carbocycles. The number of ether oxygens (including phenoxy) is 2. The van der Waals surface area contributed by atoms with Gasteiger partial charge in [-0.15, -0.1) is 0 Å². The number of methoxy groups -OCH3 is 1. The van der Waals surface area contributed by atoms with Crippen molar-refractivity contribution in [2.75, 3.05) is 19.0 Å². The quantitative estimate of drug-likeness (QED) is 0.481. The average molecular weight is 414 g/mol. The van der Waals surface area contributed by atoms with Gasteiger partial charge in [-0.2, -0.15) is 5.26 Å². The van der Waals surface area contributed by atoms with Gasteiger partial charge >= 0.3 is 0 Å². The molecule has 152 valence electrons. The Labute approximate surface area is 176 Å². The second kappa shape index (κ2) is 10.4. The number of anilines is 1. The van der Waals surface area contributed by atoms with Crippen molar-refractivity contribution < 1.29 is 14.3 Å². The van der Waals surface area contributed by atoms with Gasteiger partial charge in [0.2, 0.25) is 0 Å². The highest BCUT2D eigenvalue weighted by molar-refractivity contribution is 6.32. The van der Waals surface area contributed by atoms with Crippen molar-refractivity contribution >= 4 is 23.2 Å². The molecule has 0 aliphatic rings. The van der Waals surface area contributed by atoms with Gasteiger partial charge in [0.15, 0.2) is 0 Å². The van der Waals surface area contributed by atoms with Crippen LogP contribution < -0.4 is 20.1 Å². The van der Waals surface area contributed by atoms with E-state index in [1.165, 1.54) is 13.3 Å². The first kappa shape index (κ1) is 22.1. The van der Waals surface area contributed by atoms with E-state index in [4.69, 9.17) is 21.1 Å². The Morgan fingerprint density at radius 3 is 2.62 bits per heavy atom. The fourth-order valence-corrected chi connectivity index (χ4v) is 2.94. The maximum atomic E-state index is 12.4. The maximum absolute atomic E-state index is 12.4. The van der Waals surface area contributed by atoms with Crippen molar-refractivity contribution in [2.45, 2.75) is 26.8 Å². The van der Waals surface area contributed by atoms with Crippen LogP contribution in [0.15, 0.2) is 48.2 Å². The number of nitrogens with one attached hydrogen (secondary N) is 2. The molecule has 6 nitrogen and oxygen atoms in total. The van der Waals surface area contributed by atoms with Gasteiger partial charge in [0, 0.05) is 17.5 Å². The summed E-state index contributed by atoms with van der Waals surface area (Å²) in [7, 11) is 1.51. The van der Waals surface area contributed by atoms with Crippen molar-refractivity contribution in [2.24, 2.45) is 0 Å². The number of nitriles is 1. The third-order valence-electron chi connectivity index (χ3n) is 4.18. The zero-order valence-electron chi connectivity index (χ0n) is 16.9. The van der Waals surface area contributed by atoms with E-state index in [0.29, 0.717) is 23.1 Å². The summed E-state index contributed by atoms with van der Waals surface area (Å²) in [6.07, 6.45) is 1.41. The summed E-state index contributed by atoms with van der Waals surface area (Å²) in [4.78, 5) is 12.4. The summed E-state index contributed by atoms with van der Waals surface area (Å²) >= 11 is 6.07. The molecule has 2 rings (SSSR count). The van der Waals surface area contributed by atoms with Crippen molar-refractivity contribution in [1.82, 2.24) is 5.32 Å². The van der Waals surface area contributed by atoms with E-state index >= 15 is 0 Å². The first-order chi connectivity index (χ1) is 13.9. The van der Waals surface area contributed by atoms with Crippen molar-refractivity contribution in [3.8, 4) is 17.6 Å². The zero-order chi connectivity index (χ0) is 21.4. The van der Waals surface area contributed by atoms with Gasteiger partial charge in [-0.1, -0.05) is 29.3 Å².